The first-order valence-electron chi connectivity index (χ1n) is 8.34. The number of hydrogen-bond acceptors (Lipinski definition) is 4. The minimum atomic E-state index is -0.929. The third-order valence-corrected chi connectivity index (χ3v) is 4.46. The van der Waals surface area contributed by atoms with Gasteiger partial charge in [-0.2, -0.15) is 5.10 Å². The Balaban J connectivity index is 2.19. The molecule has 0 atom stereocenters. The van der Waals surface area contributed by atoms with Crippen molar-refractivity contribution in [2.75, 3.05) is 0 Å². The summed E-state index contributed by atoms with van der Waals surface area (Å²) in [6.07, 6.45) is 2.46. The smallest absolute Gasteiger partial charge is 0.305 e. The Kier molecular flexibility index (Phi) is 5.56. The van der Waals surface area contributed by atoms with Crippen molar-refractivity contribution in [2.45, 2.75) is 52.5 Å². The average molecular weight is 344 g/mol. The number of carboxylic acids is 1. The van der Waals surface area contributed by atoms with E-state index in [1.165, 1.54) is 6.20 Å². The van der Waals surface area contributed by atoms with Crippen LogP contribution in [0.25, 0.3) is 5.82 Å². The van der Waals surface area contributed by atoms with Gasteiger partial charge in [0.25, 0.3) is 5.91 Å². The number of amides is 1. The number of nitrogens with one attached hydrogen (secondary N) is 1. The second kappa shape index (κ2) is 7.46. The van der Waals surface area contributed by atoms with Gasteiger partial charge < -0.3 is 10.4 Å². The molecule has 7 heteroatoms. The maximum absolute atomic E-state index is 12.5. The summed E-state index contributed by atoms with van der Waals surface area (Å²) in [4.78, 5) is 27.9. The fourth-order valence-electron chi connectivity index (χ4n) is 2.83. The third-order valence-electron chi connectivity index (χ3n) is 4.46. The highest BCUT2D eigenvalue weighted by atomic mass is 16.4. The SMILES string of the molecule is CCC(CC)(CC(=O)O)NC(=O)c1ccc(-n2nc(C)cc2C)nc1. The van der Waals surface area contributed by atoms with Gasteiger partial charge in [-0.25, -0.2) is 9.67 Å². The van der Waals surface area contributed by atoms with E-state index in [-0.39, 0.29) is 12.3 Å². The van der Waals surface area contributed by atoms with Gasteiger partial charge in [0, 0.05) is 11.9 Å². The van der Waals surface area contributed by atoms with Gasteiger partial charge in [0.05, 0.1) is 23.2 Å². The van der Waals surface area contributed by atoms with Gasteiger partial charge in [-0.05, 0) is 44.9 Å². The average Bonchev–Trinajstić information content (AvgIpc) is 2.92. The third kappa shape index (κ3) is 4.23. The van der Waals surface area contributed by atoms with E-state index < -0.39 is 11.5 Å². The molecule has 0 unspecified atom stereocenters. The molecule has 2 aromatic heterocycles. The molecule has 0 saturated carbocycles. The Morgan fingerprint density at radius 1 is 1.24 bits per heavy atom. The molecule has 7 nitrogen and oxygen atoms in total. The van der Waals surface area contributed by atoms with E-state index >= 15 is 0 Å². The predicted molar refractivity (Wildman–Crippen MR) is 93.9 cm³/mol. The first kappa shape index (κ1) is 18.6. The molecule has 0 aliphatic heterocycles. The number of aryl methyl sites for hydroxylation is 2. The number of carbonyl (C=O) groups is 2. The van der Waals surface area contributed by atoms with Crippen molar-refractivity contribution in [3.63, 3.8) is 0 Å². The second-order valence-corrected chi connectivity index (χ2v) is 6.26. The quantitative estimate of drug-likeness (QED) is 0.805. The number of aromatic nitrogens is 3. The zero-order valence-electron chi connectivity index (χ0n) is 15.0. The fraction of sp³-hybridized carbons (Fsp3) is 0.444. The number of aliphatic carboxylic acids is 1. The van der Waals surface area contributed by atoms with Gasteiger partial charge in [0.15, 0.2) is 5.82 Å². The highest BCUT2D eigenvalue weighted by Gasteiger charge is 2.31. The molecular weight excluding hydrogens is 320 g/mol. The van der Waals surface area contributed by atoms with Crippen LogP contribution in [-0.2, 0) is 4.79 Å². The summed E-state index contributed by atoms with van der Waals surface area (Å²) in [6, 6.07) is 5.35. The van der Waals surface area contributed by atoms with Crippen LogP contribution >= 0.6 is 0 Å². The van der Waals surface area contributed by atoms with Crippen LogP contribution in [0.5, 0.6) is 0 Å². The Hall–Kier alpha value is -2.70. The molecule has 0 aliphatic carbocycles. The lowest BCUT2D eigenvalue weighted by Gasteiger charge is -2.31. The lowest BCUT2D eigenvalue weighted by atomic mass is 9.88. The van der Waals surface area contributed by atoms with E-state index in [0.717, 1.165) is 11.4 Å². The molecule has 0 bridgehead atoms. The molecule has 0 aliphatic rings. The molecule has 25 heavy (non-hydrogen) atoms. The number of rotatable bonds is 7. The lowest BCUT2D eigenvalue weighted by Crippen LogP contribution is -2.49. The highest BCUT2D eigenvalue weighted by Crippen LogP contribution is 2.21. The molecule has 1 amide bonds. The van der Waals surface area contributed by atoms with Crippen molar-refractivity contribution in [3.05, 3.63) is 41.3 Å². The summed E-state index contributed by atoms with van der Waals surface area (Å²) < 4.78 is 1.71. The van der Waals surface area contributed by atoms with Crippen molar-refractivity contribution in [1.82, 2.24) is 20.1 Å². The van der Waals surface area contributed by atoms with Crippen LogP contribution in [0.15, 0.2) is 24.4 Å². The van der Waals surface area contributed by atoms with Crippen molar-refractivity contribution in [3.8, 4) is 5.82 Å². The van der Waals surface area contributed by atoms with Gasteiger partial charge in [0.2, 0.25) is 0 Å². The Bertz CT molecular complexity index is 761. The minimum Gasteiger partial charge on any atom is -0.481 e. The topological polar surface area (TPSA) is 97.1 Å². The van der Waals surface area contributed by atoms with E-state index in [4.69, 9.17) is 5.11 Å². The van der Waals surface area contributed by atoms with E-state index in [0.29, 0.717) is 24.2 Å². The number of nitrogens with zero attached hydrogens (tertiary/aromatic N) is 3. The van der Waals surface area contributed by atoms with Crippen molar-refractivity contribution in [1.29, 1.82) is 0 Å². The van der Waals surface area contributed by atoms with Crippen LogP contribution in [0, 0.1) is 13.8 Å². The zero-order valence-corrected chi connectivity index (χ0v) is 15.0. The van der Waals surface area contributed by atoms with Gasteiger partial charge >= 0.3 is 5.97 Å². The normalized spacial score (nSPS) is 11.4. The van der Waals surface area contributed by atoms with Gasteiger partial charge in [0.1, 0.15) is 0 Å². The molecular formula is C18H24N4O3. The monoisotopic (exact) mass is 344 g/mol. The molecule has 0 spiro atoms. The largest absolute Gasteiger partial charge is 0.481 e. The molecule has 0 fully saturated rings. The second-order valence-electron chi connectivity index (χ2n) is 6.26. The van der Waals surface area contributed by atoms with Crippen LogP contribution in [0.1, 0.15) is 54.9 Å². The van der Waals surface area contributed by atoms with Crippen LogP contribution in [0.2, 0.25) is 0 Å². The summed E-state index contributed by atoms with van der Waals surface area (Å²) >= 11 is 0. The maximum atomic E-state index is 12.5. The fourth-order valence-corrected chi connectivity index (χ4v) is 2.83. The zero-order chi connectivity index (χ0) is 18.6. The Morgan fingerprint density at radius 3 is 2.36 bits per heavy atom. The lowest BCUT2D eigenvalue weighted by molar-refractivity contribution is -0.138. The summed E-state index contributed by atoms with van der Waals surface area (Å²) in [7, 11) is 0. The standard InChI is InChI=1S/C18H24N4O3/c1-5-18(6-2,10-16(23)24)20-17(25)14-7-8-15(19-11-14)22-13(4)9-12(3)21-22/h7-9,11H,5-6,10H2,1-4H3,(H,20,25)(H,23,24). The van der Waals surface area contributed by atoms with Crippen LogP contribution in [0.3, 0.4) is 0 Å². The molecule has 0 radical (unpaired) electrons. The highest BCUT2D eigenvalue weighted by molar-refractivity contribution is 5.94. The van der Waals surface area contributed by atoms with E-state index in [2.05, 4.69) is 15.4 Å². The minimum absolute atomic E-state index is 0.108. The number of carboxylic acid groups (broad SMARTS) is 1. The molecule has 0 aromatic carbocycles. The maximum Gasteiger partial charge on any atom is 0.305 e. The summed E-state index contributed by atoms with van der Waals surface area (Å²) in [5.74, 6) is -0.621. The van der Waals surface area contributed by atoms with Crippen molar-refractivity contribution < 1.29 is 14.7 Å². The number of hydrogen-bond donors (Lipinski definition) is 2. The first-order valence-corrected chi connectivity index (χ1v) is 8.34. The molecule has 2 N–H and O–H groups in total. The van der Waals surface area contributed by atoms with Gasteiger partial charge in [-0.15, -0.1) is 0 Å². The summed E-state index contributed by atoms with van der Waals surface area (Å²) in [5.41, 5.74) is 1.49. The van der Waals surface area contributed by atoms with E-state index in [1.54, 1.807) is 16.8 Å². The molecule has 134 valence electrons. The van der Waals surface area contributed by atoms with Crippen molar-refractivity contribution >= 4 is 11.9 Å². The number of carbonyl (C=O) groups excluding carboxylic acids is 1. The molecule has 2 heterocycles. The molecule has 2 rings (SSSR count). The Labute approximate surface area is 147 Å². The number of pyridine rings is 1. The van der Waals surface area contributed by atoms with E-state index in [9.17, 15) is 9.59 Å². The van der Waals surface area contributed by atoms with E-state index in [1.807, 2.05) is 33.8 Å². The summed E-state index contributed by atoms with van der Waals surface area (Å²) in [6.45, 7) is 7.59. The Morgan fingerprint density at radius 2 is 1.92 bits per heavy atom. The van der Waals surface area contributed by atoms with Gasteiger partial charge in [-0.1, -0.05) is 13.8 Å². The predicted octanol–water partition coefficient (Wildman–Crippen LogP) is 2.65. The van der Waals surface area contributed by atoms with Gasteiger partial charge in [-0.3, -0.25) is 9.59 Å². The van der Waals surface area contributed by atoms with Crippen molar-refractivity contribution in [2.24, 2.45) is 0 Å². The summed E-state index contributed by atoms with van der Waals surface area (Å²) in [5, 5.41) is 16.3. The molecule has 2 aromatic rings. The molecule has 0 saturated heterocycles. The first-order chi connectivity index (χ1) is 11.8. The van der Waals surface area contributed by atoms with Crippen LogP contribution in [0.4, 0.5) is 0 Å². The van der Waals surface area contributed by atoms with Crippen LogP contribution in [-0.4, -0.2) is 37.3 Å². The van der Waals surface area contributed by atoms with Crippen LogP contribution < -0.4 is 5.32 Å².